The number of nitrogens with zero attached hydrogens (tertiary/aromatic N) is 1. The van der Waals surface area contributed by atoms with E-state index in [1.807, 2.05) is 0 Å². The van der Waals surface area contributed by atoms with Crippen LogP contribution in [0.5, 0.6) is 0 Å². The maximum atomic E-state index is 12.8. The van der Waals surface area contributed by atoms with Gasteiger partial charge in [0.1, 0.15) is 12.6 Å². The van der Waals surface area contributed by atoms with Crippen molar-refractivity contribution in [1.29, 1.82) is 0 Å². The summed E-state index contributed by atoms with van der Waals surface area (Å²) in [7, 11) is 0. The number of amides is 2. The molecular formula is C16H13ClF6N2O2. The Labute approximate surface area is 154 Å². The molecule has 2 rings (SSSR count). The van der Waals surface area contributed by atoms with Crippen molar-refractivity contribution in [3.05, 3.63) is 40.4 Å². The number of carbonyl (C=O) groups excluding carboxylic acids is 2. The summed E-state index contributed by atoms with van der Waals surface area (Å²) in [5, 5.41) is 1.74. The summed E-state index contributed by atoms with van der Waals surface area (Å²) in [6, 6.07) is 1.92. The number of hydrogen-bond donors (Lipinski definition) is 1. The second kappa shape index (κ2) is 7.79. The average molecular weight is 415 g/mol. The Morgan fingerprint density at radius 3 is 2.52 bits per heavy atom. The summed E-state index contributed by atoms with van der Waals surface area (Å²) >= 11 is 5.49. The number of carbonyl (C=O) groups is 2. The molecule has 4 nitrogen and oxygen atoms in total. The zero-order valence-corrected chi connectivity index (χ0v) is 14.3. The fourth-order valence-electron chi connectivity index (χ4n) is 2.50. The maximum absolute atomic E-state index is 12.8. The molecule has 11 heteroatoms. The van der Waals surface area contributed by atoms with Crippen LogP contribution >= 0.6 is 11.6 Å². The van der Waals surface area contributed by atoms with Crippen LogP contribution in [0.1, 0.15) is 17.5 Å². The van der Waals surface area contributed by atoms with Crippen molar-refractivity contribution in [3.63, 3.8) is 0 Å². The van der Waals surface area contributed by atoms with Crippen LogP contribution in [0.3, 0.4) is 0 Å². The van der Waals surface area contributed by atoms with E-state index in [4.69, 9.17) is 11.6 Å². The van der Waals surface area contributed by atoms with Gasteiger partial charge in [-0.15, -0.1) is 0 Å². The van der Waals surface area contributed by atoms with Gasteiger partial charge in [0.2, 0.25) is 11.8 Å². The second-order valence-corrected chi connectivity index (χ2v) is 6.20. The molecule has 27 heavy (non-hydrogen) atoms. The smallest absolute Gasteiger partial charge is 0.341 e. The first kappa shape index (κ1) is 21.1. The molecule has 148 valence electrons. The first-order chi connectivity index (χ1) is 12.4. The van der Waals surface area contributed by atoms with Crippen LogP contribution < -0.4 is 5.32 Å². The second-order valence-electron chi connectivity index (χ2n) is 5.80. The molecule has 1 aromatic carbocycles. The molecule has 1 aliphatic rings. The predicted octanol–water partition coefficient (Wildman–Crippen LogP) is 3.65. The minimum Gasteiger partial charge on any atom is -0.341 e. The van der Waals surface area contributed by atoms with Crippen molar-refractivity contribution >= 4 is 29.5 Å². The lowest BCUT2D eigenvalue weighted by Gasteiger charge is -2.18. The van der Waals surface area contributed by atoms with E-state index in [1.165, 1.54) is 6.07 Å². The third-order valence-electron chi connectivity index (χ3n) is 3.71. The van der Waals surface area contributed by atoms with Gasteiger partial charge in [-0.3, -0.25) is 9.59 Å². The number of halogens is 7. The molecule has 0 bridgehead atoms. The molecule has 1 heterocycles. The van der Waals surface area contributed by atoms with E-state index in [0.29, 0.717) is 4.90 Å². The number of rotatable bonds is 4. The number of alkyl halides is 6. The Kier molecular flexibility index (Phi) is 6.08. The van der Waals surface area contributed by atoms with Gasteiger partial charge < -0.3 is 10.2 Å². The molecule has 1 unspecified atom stereocenters. The molecular weight excluding hydrogens is 402 g/mol. The number of benzene rings is 1. The van der Waals surface area contributed by atoms with Gasteiger partial charge in [-0.1, -0.05) is 17.7 Å². The third-order valence-corrected chi connectivity index (χ3v) is 4.04. The van der Waals surface area contributed by atoms with Crippen LogP contribution in [0, 0.1) is 0 Å². The van der Waals surface area contributed by atoms with E-state index in [9.17, 15) is 35.9 Å². The SMILES string of the molecule is O=C(/C=C/c1ccc(Cl)c(C(F)(F)F)c1)NC1CCN(CC(F)(F)F)C1=O. The van der Waals surface area contributed by atoms with Crippen LogP contribution in [-0.2, 0) is 15.8 Å². The van der Waals surface area contributed by atoms with E-state index in [0.717, 1.165) is 24.3 Å². The zero-order valence-electron chi connectivity index (χ0n) is 13.5. The van der Waals surface area contributed by atoms with E-state index < -0.39 is 47.3 Å². The molecule has 1 N–H and O–H groups in total. The topological polar surface area (TPSA) is 49.4 Å². The monoisotopic (exact) mass is 414 g/mol. The fraction of sp³-hybridized carbons (Fsp3) is 0.375. The van der Waals surface area contributed by atoms with Gasteiger partial charge in [0.05, 0.1) is 10.6 Å². The molecule has 0 aromatic heterocycles. The summed E-state index contributed by atoms with van der Waals surface area (Å²) in [6.07, 6.45) is -7.23. The third kappa shape index (κ3) is 5.88. The van der Waals surface area contributed by atoms with Gasteiger partial charge in [0.15, 0.2) is 0 Å². The predicted molar refractivity (Wildman–Crippen MR) is 84.7 cm³/mol. The van der Waals surface area contributed by atoms with Crippen LogP contribution in [0.4, 0.5) is 26.3 Å². The summed E-state index contributed by atoms with van der Waals surface area (Å²) in [6.45, 7) is -1.56. The Hall–Kier alpha value is -2.23. The summed E-state index contributed by atoms with van der Waals surface area (Å²) < 4.78 is 75.4. The maximum Gasteiger partial charge on any atom is 0.417 e. The Balaban J connectivity index is 1.99. The fourth-order valence-corrected chi connectivity index (χ4v) is 2.73. The Bertz CT molecular complexity index is 760. The molecule has 0 saturated carbocycles. The molecule has 1 saturated heterocycles. The molecule has 0 aliphatic carbocycles. The lowest BCUT2D eigenvalue weighted by molar-refractivity contribution is -0.158. The average Bonchev–Trinajstić information content (AvgIpc) is 2.84. The van der Waals surface area contributed by atoms with Crippen molar-refractivity contribution in [2.45, 2.75) is 24.8 Å². The van der Waals surface area contributed by atoms with Crippen molar-refractivity contribution in [2.24, 2.45) is 0 Å². The lowest BCUT2D eigenvalue weighted by Crippen LogP contribution is -2.43. The van der Waals surface area contributed by atoms with Gasteiger partial charge >= 0.3 is 12.4 Å². The van der Waals surface area contributed by atoms with E-state index in [-0.39, 0.29) is 18.5 Å². The van der Waals surface area contributed by atoms with Crippen LogP contribution in [0.15, 0.2) is 24.3 Å². The lowest BCUT2D eigenvalue weighted by atomic mass is 10.1. The molecule has 1 atom stereocenters. The van der Waals surface area contributed by atoms with Crippen molar-refractivity contribution in [3.8, 4) is 0 Å². The first-order valence-corrected chi connectivity index (χ1v) is 7.95. The molecule has 0 spiro atoms. The van der Waals surface area contributed by atoms with Gasteiger partial charge in [0.25, 0.3) is 0 Å². The molecule has 0 radical (unpaired) electrons. The highest BCUT2D eigenvalue weighted by atomic mass is 35.5. The van der Waals surface area contributed by atoms with Crippen molar-refractivity contribution in [1.82, 2.24) is 10.2 Å². The number of likely N-dealkylation sites (tertiary alicyclic amines) is 1. The highest BCUT2D eigenvalue weighted by molar-refractivity contribution is 6.31. The van der Waals surface area contributed by atoms with E-state index in [1.54, 1.807) is 0 Å². The van der Waals surface area contributed by atoms with Gasteiger partial charge in [-0.25, -0.2) is 0 Å². The minimum absolute atomic E-state index is 0.00760. The molecule has 2 amide bonds. The normalized spacial score (nSPS) is 18.4. The number of hydrogen-bond acceptors (Lipinski definition) is 2. The van der Waals surface area contributed by atoms with Gasteiger partial charge in [-0.2, -0.15) is 26.3 Å². The van der Waals surface area contributed by atoms with E-state index >= 15 is 0 Å². The van der Waals surface area contributed by atoms with Crippen molar-refractivity contribution < 1.29 is 35.9 Å². The van der Waals surface area contributed by atoms with Crippen LogP contribution in [-0.4, -0.2) is 42.0 Å². The van der Waals surface area contributed by atoms with Gasteiger partial charge in [0, 0.05) is 12.6 Å². The highest BCUT2D eigenvalue weighted by Gasteiger charge is 2.39. The number of nitrogens with one attached hydrogen (secondary N) is 1. The molecule has 1 aromatic rings. The summed E-state index contributed by atoms with van der Waals surface area (Å²) in [5.41, 5.74) is -1.03. The summed E-state index contributed by atoms with van der Waals surface area (Å²) in [5.74, 6) is -1.68. The Morgan fingerprint density at radius 2 is 1.93 bits per heavy atom. The molecule has 1 fully saturated rings. The standard InChI is InChI=1S/C16H13ClF6N2O2/c17-11-3-1-9(7-10(11)16(21,22)23)2-4-13(26)24-12-5-6-25(14(12)27)8-15(18,19)20/h1-4,7,12H,5-6,8H2,(H,24,26)/b4-2+. The summed E-state index contributed by atoms with van der Waals surface area (Å²) in [4.78, 5) is 24.2. The zero-order chi connectivity index (χ0) is 20.4. The van der Waals surface area contributed by atoms with Crippen LogP contribution in [0.25, 0.3) is 6.08 Å². The van der Waals surface area contributed by atoms with Crippen molar-refractivity contribution in [2.75, 3.05) is 13.1 Å². The van der Waals surface area contributed by atoms with Crippen LogP contribution in [0.2, 0.25) is 5.02 Å². The largest absolute Gasteiger partial charge is 0.417 e. The highest BCUT2D eigenvalue weighted by Crippen LogP contribution is 2.35. The first-order valence-electron chi connectivity index (χ1n) is 7.58. The van der Waals surface area contributed by atoms with Gasteiger partial charge in [-0.05, 0) is 30.2 Å². The molecule has 1 aliphatic heterocycles. The van der Waals surface area contributed by atoms with E-state index in [2.05, 4.69) is 5.32 Å². The quantitative estimate of drug-likeness (QED) is 0.604. The Morgan fingerprint density at radius 1 is 1.26 bits per heavy atom. The minimum atomic E-state index is -4.67.